The first-order chi connectivity index (χ1) is 17.5. The smallest absolute Gasteiger partial charge is 0.188 e. The van der Waals surface area contributed by atoms with E-state index in [4.69, 9.17) is 9.47 Å². The molecule has 4 aromatic carbocycles. The minimum Gasteiger partial charge on any atom is -0.467 e. The van der Waals surface area contributed by atoms with Crippen molar-refractivity contribution in [1.82, 2.24) is 4.90 Å². The maximum atomic E-state index is 14.1. The standard InChI is InChI=1S/C31H33FNO2P/c1-33(2)21-27-20-28(32)14-15-29(27)36-30-19-25(16-23-10-6-4-7-11-23)18-26(31(30)35-22-34-3)17-24-12-8-5-9-13-24/h4-15,18-20,36H,16-17,21-22H2,1-3H3. The Bertz CT molecular complexity index is 1260. The van der Waals surface area contributed by atoms with Crippen molar-refractivity contribution in [2.75, 3.05) is 28.0 Å². The number of ether oxygens (including phenoxy) is 2. The van der Waals surface area contributed by atoms with E-state index in [0.717, 1.165) is 40.3 Å². The Labute approximate surface area is 215 Å². The van der Waals surface area contributed by atoms with Gasteiger partial charge in [-0.1, -0.05) is 81.4 Å². The number of benzene rings is 4. The molecule has 4 aromatic rings. The average molecular weight is 502 g/mol. The summed E-state index contributed by atoms with van der Waals surface area (Å²) in [5.74, 6) is 0.648. The highest BCUT2D eigenvalue weighted by atomic mass is 31.1. The van der Waals surface area contributed by atoms with Crippen molar-refractivity contribution in [3.05, 3.63) is 125 Å². The molecule has 5 heteroatoms. The van der Waals surface area contributed by atoms with Crippen LogP contribution >= 0.6 is 8.58 Å². The molecule has 0 saturated heterocycles. The van der Waals surface area contributed by atoms with Gasteiger partial charge in [0.1, 0.15) is 11.6 Å². The van der Waals surface area contributed by atoms with Crippen molar-refractivity contribution in [3.63, 3.8) is 0 Å². The molecule has 186 valence electrons. The Balaban J connectivity index is 1.80. The van der Waals surface area contributed by atoms with E-state index in [-0.39, 0.29) is 12.6 Å². The van der Waals surface area contributed by atoms with Crippen LogP contribution in [-0.2, 0) is 24.1 Å². The van der Waals surface area contributed by atoms with Gasteiger partial charge in [-0.05, 0) is 71.8 Å². The number of halogens is 1. The summed E-state index contributed by atoms with van der Waals surface area (Å²) in [4.78, 5) is 2.07. The van der Waals surface area contributed by atoms with E-state index in [1.165, 1.54) is 16.7 Å². The summed E-state index contributed by atoms with van der Waals surface area (Å²) in [7, 11) is 5.97. The molecular formula is C31H33FNO2P. The van der Waals surface area contributed by atoms with Crippen LogP contribution in [0.15, 0.2) is 91.0 Å². The lowest BCUT2D eigenvalue weighted by Gasteiger charge is -2.20. The molecule has 0 heterocycles. The maximum absolute atomic E-state index is 14.1. The van der Waals surface area contributed by atoms with Crippen molar-refractivity contribution < 1.29 is 13.9 Å². The summed E-state index contributed by atoms with van der Waals surface area (Å²) in [5, 5.41) is 2.23. The zero-order valence-electron chi connectivity index (χ0n) is 21.1. The molecule has 1 atom stereocenters. The molecule has 0 amide bonds. The number of nitrogens with zero attached hydrogens (tertiary/aromatic N) is 1. The van der Waals surface area contributed by atoms with Crippen LogP contribution in [0, 0.1) is 5.82 Å². The van der Waals surface area contributed by atoms with Gasteiger partial charge in [0.05, 0.1) is 0 Å². The van der Waals surface area contributed by atoms with Crippen molar-refractivity contribution in [2.45, 2.75) is 19.4 Å². The van der Waals surface area contributed by atoms with E-state index in [0.29, 0.717) is 15.1 Å². The Kier molecular flexibility index (Phi) is 9.24. The second-order valence-corrected chi connectivity index (χ2v) is 10.5. The third-order valence-electron chi connectivity index (χ3n) is 5.86. The van der Waals surface area contributed by atoms with Crippen LogP contribution in [-0.4, -0.2) is 32.9 Å². The van der Waals surface area contributed by atoms with E-state index < -0.39 is 0 Å². The average Bonchev–Trinajstić information content (AvgIpc) is 2.86. The normalized spacial score (nSPS) is 11.5. The lowest BCUT2D eigenvalue weighted by atomic mass is 9.98. The minimum absolute atomic E-state index is 0.172. The molecule has 3 nitrogen and oxygen atoms in total. The van der Waals surface area contributed by atoms with E-state index >= 15 is 0 Å². The summed E-state index contributed by atoms with van der Waals surface area (Å²) in [6.45, 7) is 0.847. The quantitative estimate of drug-likeness (QED) is 0.195. The lowest BCUT2D eigenvalue weighted by Crippen LogP contribution is -2.20. The van der Waals surface area contributed by atoms with Crippen LogP contribution < -0.4 is 15.3 Å². The predicted molar refractivity (Wildman–Crippen MR) is 149 cm³/mol. The molecular weight excluding hydrogens is 468 g/mol. The summed E-state index contributed by atoms with van der Waals surface area (Å²) in [6.07, 6.45) is 1.59. The van der Waals surface area contributed by atoms with Gasteiger partial charge in [-0.3, -0.25) is 0 Å². The molecule has 4 rings (SSSR count). The van der Waals surface area contributed by atoms with Crippen LogP contribution in [0.3, 0.4) is 0 Å². The van der Waals surface area contributed by atoms with Gasteiger partial charge in [-0.25, -0.2) is 4.39 Å². The fourth-order valence-corrected chi connectivity index (χ4v) is 5.69. The van der Waals surface area contributed by atoms with Crippen LogP contribution in [0.5, 0.6) is 5.75 Å². The fraction of sp³-hybridized carbons (Fsp3) is 0.226. The Morgan fingerprint density at radius 2 is 1.39 bits per heavy atom. The van der Waals surface area contributed by atoms with Gasteiger partial charge in [0.2, 0.25) is 0 Å². The Morgan fingerprint density at radius 3 is 2.03 bits per heavy atom. The summed E-state index contributed by atoms with van der Waals surface area (Å²) in [6, 6.07) is 30.6. The molecule has 0 aliphatic heterocycles. The summed E-state index contributed by atoms with van der Waals surface area (Å²) >= 11 is 0. The Hall–Kier alpha value is -3.04. The monoisotopic (exact) mass is 501 g/mol. The zero-order valence-corrected chi connectivity index (χ0v) is 22.1. The second kappa shape index (κ2) is 12.8. The van der Waals surface area contributed by atoms with Gasteiger partial charge < -0.3 is 14.4 Å². The van der Waals surface area contributed by atoms with Gasteiger partial charge in [0.25, 0.3) is 0 Å². The molecule has 0 aliphatic rings. The molecule has 0 aliphatic carbocycles. The molecule has 0 aromatic heterocycles. The summed E-state index contributed by atoms with van der Waals surface area (Å²) < 4.78 is 25.6. The van der Waals surface area contributed by atoms with Crippen molar-refractivity contribution in [1.29, 1.82) is 0 Å². The van der Waals surface area contributed by atoms with Crippen LogP contribution in [0.2, 0.25) is 0 Å². The maximum Gasteiger partial charge on any atom is 0.188 e. The minimum atomic E-state index is -0.209. The fourth-order valence-electron chi connectivity index (χ4n) is 4.32. The molecule has 36 heavy (non-hydrogen) atoms. The largest absolute Gasteiger partial charge is 0.467 e. The first-order valence-electron chi connectivity index (χ1n) is 12.1. The molecule has 0 bridgehead atoms. The third-order valence-corrected chi connectivity index (χ3v) is 7.26. The number of methoxy groups -OCH3 is 1. The van der Waals surface area contributed by atoms with Crippen molar-refractivity contribution >= 4 is 19.2 Å². The van der Waals surface area contributed by atoms with Crippen LogP contribution in [0.25, 0.3) is 0 Å². The zero-order chi connectivity index (χ0) is 25.3. The van der Waals surface area contributed by atoms with Gasteiger partial charge in [-0.2, -0.15) is 0 Å². The van der Waals surface area contributed by atoms with Gasteiger partial charge in [-0.15, -0.1) is 0 Å². The summed E-state index contributed by atoms with van der Waals surface area (Å²) in [5.41, 5.74) is 5.84. The number of hydrogen-bond donors (Lipinski definition) is 0. The van der Waals surface area contributed by atoms with Crippen molar-refractivity contribution in [3.8, 4) is 5.75 Å². The molecule has 0 spiro atoms. The SMILES string of the molecule is COCOc1c(Cc2ccccc2)cc(Cc2ccccc2)cc1Pc1ccc(F)cc1CN(C)C. The highest BCUT2D eigenvalue weighted by molar-refractivity contribution is 7.55. The second-order valence-electron chi connectivity index (χ2n) is 9.17. The van der Waals surface area contributed by atoms with Crippen LogP contribution in [0.4, 0.5) is 4.39 Å². The first kappa shape index (κ1) is 26.0. The van der Waals surface area contributed by atoms with E-state index in [1.54, 1.807) is 19.2 Å². The van der Waals surface area contributed by atoms with E-state index in [2.05, 4.69) is 65.6 Å². The third kappa shape index (κ3) is 7.24. The molecule has 0 saturated carbocycles. The molecule has 0 N–H and O–H groups in total. The highest BCUT2D eigenvalue weighted by Crippen LogP contribution is 2.30. The van der Waals surface area contributed by atoms with Gasteiger partial charge >= 0.3 is 0 Å². The lowest BCUT2D eigenvalue weighted by molar-refractivity contribution is 0.0513. The Morgan fingerprint density at radius 1 is 0.722 bits per heavy atom. The van der Waals surface area contributed by atoms with Gasteiger partial charge in [0, 0.05) is 25.4 Å². The number of hydrogen-bond acceptors (Lipinski definition) is 3. The molecule has 1 unspecified atom stereocenters. The number of rotatable bonds is 11. The first-order valence-corrected chi connectivity index (χ1v) is 13.1. The molecule has 0 fully saturated rings. The molecule has 0 radical (unpaired) electrons. The highest BCUT2D eigenvalue weighted by Gasteiger charge is 2.17. The van der Waals surface area contributed by atoms with Crippen LogP contribution in [0.1, 0.15) is 27.8 Å². The predicted octanol–water partition coefficient (Wildman–Crippen LogP) is 5.68. The van der Waals surface area contributed by atoms with E-state index in [1.807, 2.05) is 32.3 Å². The van der Waals surface area contributed by atoms with Gasteiger partial charge in [0.15, 0.2) is 6.79 Å². The topological polar surface area (TPSA) is 21.7 Å². The van der Waals surface area contributed by atoms with E-state index in [9.17, 15) is 4.39 Å². The van der Waals surface area contributed by atoms with Crippen molar-refractivity contribution in [2.24, 2.45) is 0 Å².